The molecule has 6 nitrogen and oxygen atoms in total. The molecule has 2 amide bonds. The van der Waals surface area contributed by atoms with Crippen molar-refractivity contribution in [3.8, 4) is 0 Å². The van der Waals surface area contributed by atoms with Crippen LogP contribution in [0.3, 0.4) is 0 Å². The molecule has 134 valence electrons. The Hall–Kier alpha value is -1.35. The zero-order chi connectivity index (χ0) is 18.4. The summed E-state index contributed by atoms with van der Waals surface area (Å²) in [6.45, 7) is 3.93. The number of nitrogens with one attached hydrogen (secondary N) is 2. The predicted molar refractivity (Wildman–Crippen MR) is 104 cm³/mol. The maximum Gasteiger partial charge on any atom is 0.234 e. The number of amides is 2. The van der Waals surface area contributed by atoms with E-state index in [1.807, 2.05) is 13.8 Å². The Morgan fingerprint density at radius 2 is 1.92 bits per heavy atom. The summed E-state index contributed by atoms with van der Waals surface area (Å²) in [6.07, 6.45) is 0.425. The minimum Gasteiger partial charge on any atom is -0.325 e. The normalized spacial score (nSPS) is 10.8. The predicted octanol–water partition coefficient (Wildman–Crippen LogP) is 4.56. The lowest BCUT2D eigenvalue weighted by molar-refractivity contribution is -0.117. The molecule has 0 atom stereocenters. The molecule has 0 fully saturated rings. The highest BCUT2D eigenvalue weighted by Gasteiger charge is 2.12. The van der Waals surface area contributed by atoms with Crippen LogP contribution >= 0.6 is 46.3 Å². The number of hydrogen-bond acceptors (Lipinski definition) is 6. The molecular weight excluding hydrogens is 403 g/mol. The van der Waals surface area contributed by atoms with E-state index in [0.29, 0.717) is 31.6 Å². The van der Waals surface area contributed by atoms with Crippen molar-refractivity contribution in [1.29, 1.82) is 0 Å². The van der Waals surface area contributed by atoms with Gasteiger partial charge in [0.25, 0.3) is 0 Å². The molecule has 0 radical (unpaired) electrons. The second-order valence-electron chi connectivity index (χ2n) is 5.49. The Labute approximate surface area is 163 Å². The minimum absolute atomic E-state index is 0.0972. The van der Waals surface area contributed by atoms with E-state index in [2.05, 4.69) is 20.8 Å². The third kappa shape index (κ3) is 6.81. The van der Waals surface area contributed by atoms with Crippen LogP contribution in [0.4, 0.5) is 10.8 Å². The van der Waals surface area contributed by atoms with Crippen LogP contribution in [0.5, 0.6) is 0 Å². The van der Waals surface area contributed by atoms with E-state index in [1.165, 1.54) is 23.1 Å². The maximum absolute atomic E-state index is 12.0. The van der Waals surface area contributed by atoms with Crippen molar-refractivity contribution in [2.75, 3.05) is 16.4 Å². The highest BCUT2D eigenvalue weighted by atomic mass is 35.5. The van der Waals surface area contributed by atoms with Crippen molar-refractivity contribution in [3.63, 3.8) is 0 Å². The molecule has 0 spiro atoms. The number of rotatable bonds is 7. The molecule has 10 heteroatoms. The fourth-order valence-electron chi connectivity index (χ4n) is 1.76. The van der Waals surface area contributed by atoms with E-state index >= 15 is 0 Å². The summed E-state index contributed by atoms with van der Waals surface area (Å²) in [5.74, 6) is 0.130. The lowest BCUT2D eigenvalue weighted by Gasteiger charge is -2.05. The number of hydrogen-bond donors (Lipinski definition) is 2. The van der Waals surface area contributed by atoms with Crippen molar-refractivity contribution < 1.29 is 9.59 Å². The molecule has 1 aromatic heterocycles. The summed E-state index contributed by atoms with van der Waals surface area (Å²) in [5.41, 5.74) is 0.568. The van der Waals surface area contributed by atoms with Gasteiger partial charge >= 0.3 is 0 Å². The van der Waals surface area contributed by atoms with Gasteiger partial charge in [0.15, 0.2) is 4.34 Å². The number of halogens is 2. The minimum atomic E-state index is -0.205. The van der Waals surface area contributed by atoms with Gasteiger partial charge in [0.05, 0.1) is 15.8 Å². The largest absolute Gasteiger partial charge is 0.325 e. The Balaban J connectivity index is 1.81. The monoisotopic (exact) mass is 418 g/mol. The molecule has 0 saturated heterocycles. The summed E-state index contributed by atoms with van der Waals surface area (Å²) in [5, 5.41) is 14.5. The zero-order valence-electron chi connectivity index (χ0n) is 13.5. The summed E-state index contributed by atoms with van der Waals surface area (Å²) in [7, 11) is 0. The average Bonchev–Trinajstić information content (AvgIpc) is 2.95. The van der Waals surface area contributed by atoms with E-state index in [1.54, 1.807) is 18.2 Å². The van der Waals surface area contributed by atoms with Gasteiger partial charge < -0.3 is 10.6 Å². The summed E-state index contributed by atoms with van der Waals surface area (Å²) in [6, 6.07) is 4.87. The molecule has 2 rings (SSSR count). The van der Waals surface area contributed by atoms with Crippen LogP contribution < -0.4 is 10.6 Å². The third-order valence-corrected chi connectivity index (χ3v) is 5.49. The van der Waals surface area contributed by atoms with Crippen LogP contribution in [-0.2, 0) is 9.59 Å². The van der Waals surface area contributed by atoms with Gasteiger partial charge in [-0.15, -0.1) is 10.2 Å². The van der Waals surface area contributed by atoms with Crippen molar-refractivity contribution >= 4 is 68.9 Å². The number of carbonyl (C=O) groups excluding carboxylic acids is 2. The fraction of sp³-hybridized carbons (Fsp3) is 0.333. The number of aromatic nitrogens is 2. The van der Waals surface area contributed by atoms with Gasteiger partial charge in [-0.1, -0.05) is 60.1 Å². The second-order valence-corrected chi connectivity index (χ2v) is 8.50. The van der Waals surface area contributed by atoms with E-state index in [4.69, 9.17) is 23.2 Å². The third-order valence-electron chi connectivity index (χ3n) is 2.78. The van der Waals surface area contributed by atoms with E-state index in [9.17, 15) is 9.59 Å². The van der Waals surface area contributed by atoms with Crippen molar-refractivity contribution in [1.82, 2.24) is 10.2 Å². The maximum atomic E-state index is 12.0. The lowest BCUT2D eigenvalue weighted by Crippen LogP contribution is -2.13. The van der Waals surface area contributed by atoms with E-state index in [0.717, 1.165) is 0 Å². The first kappa shape index (κ1) is 20.0. The molecule has 0 saturated carbocycles. The van der Waals surface area contributed by atoms with E-state index < -0.39 is 0 Å². The molecule has 2 aromatic rings. The van der Waals surface area contributed by atoms with E-state index in [-0.39, 0.29) is 23.5 Å². The molecule has 2 N–H and O–H groups in total. The van der Waals surface area contributed by atoms with Gasteiger partial charge in [-0.3, -0.25) is 9.59 Å². The van der Waals surface area contributed by atoms with Crippen molar-refractivity contribution in [2.24, 2.45) is 5.92 Å². The van der Waals surface area contributed by atoms with Crippen molar-refractivity contribution in [3.05, 3.63) is 28.2 Å². The van der Waals surface area contributed by atoms with Crippen LogP contribution in [0.25, 0.3) is 0 Å². The SMILES string of the molecule is CC(C)CC(=O)Nc1nnc(SCC(=O)Nc2ccc(Cl)c(Cl)c2)s1. The molecule has 0 aliphatic heterocycles. The molecule has 0 aliphatic carbocycles. The molecule has 0 aliphatic rings. The number of nitrogens with zero attached hydrogens (tertiary/aromatic N) is 2. The molecular formula is C15H16Cl2N4O2S2. The van der Waals surface area contributed by atoms with Crippen molar-refractivity contribution in [2.45, 2.75) is 24.6 Å². The zero-order valence-corrected chi connectivity index (χ0v) is 16.7. The number of carbonyl (C=O) groups is 2. The summed E-state index contributed by atoms with van der Waals surface area (Å²) in [4.78, 5) is 23.7. The topological polar surface area (TPSA) is 84.0 Å². The van der Waals surface area contributed by atoms with Crippen LogP contribution in [0.15, 0.2) is 22.5 Å². The number of anilines is 2. The first-order valence-corrected chi connectivity index (χ1v) is 9.90. The van der Waals surface area contributed by atoms with Gasteiger partial charge in [-0.05, 0) is 24.1 Å². The van der Waals surface area contributed by atoms with Gasteiger partial charge in [0.2, 0.25) is 16.9 Å². The van der Waals surface area contributed by atoms with Gasteiger partial charge in [0.1, 0.15) is 0 Å². The Bertz CT molecular complexity index is 768. The smallest absolute Gasteiger partial charge is 0.234 e. The molecule has 1 heterocycles. The van der Waals surface area contributed by atoms with Crippen LogP contribution in [0.1, 0.15) is 20.3 Å². The fourth-order valence-corrected chi connectivity index (χ4v) is 3.62. The Morgan fingerprint density at radius 3 is 2.60 bits per heavy atom. The average molecular weight is 419 g/mol. The Morgan fingerprint density at radius 1 is 1.16 bits per heavy atom. The van der Waals surface area contributed by atoms with Crippen LogP contribution in [-0.4, -0.2) is 27.8 Å². The highest BCUT2D eigenvalue weighted by Crippen LogP contribution is 2.27. The van der Waals surface area contributed by atoms with Gasteiger partial charge in [-0.2, -0.15) is 0 Å². The van der Waals surface area contributed by atoms with Gasteiger partial charge in [-0.25, -0.2) is 0 Å². The first-order valence-electron chi connectivity index (χ1n) is 7.34. The van der Waals surface area contributed by atoms with Crippen LogP contribution in [0.2, 0.25) is 10.0 Å². The molecule has 0 bridgehead atoms. The lowest BCUT2D eigenvalue weighted by atomic mass is 10.1. The summed E-state index contributed by atoms with van der Waals surface area (Å²) >= 11 is 14.2. The van der Waals surface area contributed by atoms with Gasteiger partial charge in [0, 0.05) is 12.1 Å². The standard InChI is InChI=1S/C15H16Cl2N4O2S2/c1-8(2)5-12(22)19-14-20-21-15(25-14)24-7-13(23)18-9-3-4-10(16)11(17)6-9/h3-4,6,8H,5,7H2,1-2H3,(H,18,23)(H,19,20,22). The molecule has 0 unspecified atom stereocenters. The quantitative estimate of drug-likeness (QED) is 0.508. The number of benzene rings is 1. The Kier molecular flexibility index (Phi) is 7.49. The second kappa shape index (κ2) is 9.38. The highest BCUT2D eigenvalue weighted by molar-refractivity contribution is 8.01. The molecule has 1 aromatic carbocycles. The summed E-state index contributed by atoms with van der Waals surface area (Å²) < 4.78 is 0.601. The molecule has 25 heavy (non-hydrogen) atoms. The first-order chi connectivity index (χ1) is 11.8. The van der Waals surface area contributed by atoms with Crippen LogP contribution in [0, 0.1) is 5.92 Å². The number of thioether (sulfide) groups is 1.